The van der Waals surface area contributed by atoms with Crippen molar-refractivity contribution in [3.8, 4) is 5.75 Å². The van der Waals surface area contributed by atoms with Gasteiger partial charge in [-0.2, -0.15) is 0 Å². The summed E-state index contributed by atoms with van der Waals surface area (Å²) >= 11 is 0. The van der Waals surface area contributed by atoms with E-state index in [1.165, 1.54) is 31.4 Å². The van der Waals surface area contributed by atoms with Gasteiger partial charge < -0.3 is 4.74 Å². The van der Waals surface area contributed by atoms with E-state index in [-0.39, 0.29) is 5.70 Å². The van der Waals surface area contributed by atoms with Gasteiger partial charge in [0.2, 0.25) is 5.70 Å². The molecule has 0 bridgehead atoms. The number of nitro groups is 1. The molecule has 1 aromatic rings. The molecule has 0 aliphatic rings. The first-order valence-electron chi connectivity index (χ1n) is 6.58. The molecule has 0 N–H and O–H groups in total. The van der Waals surface area contributed by atoms with E-state index >= 15 is 0 Å². The van der Waals surface area contributed by atoms with Gasteiger partial charge in [0.15, 0.2) is 0 Å². The third-order valence-corrected chi connectivity index (χ3v) is 3.02. The van der Waals surface area contributed by atoms with Crippen LogP contribution < -0.4 is 4.74 Å². The second kappa shape index (κ2) is 7.56. The minimum absolute atomic E-state index is 0.108. The molecule has 0 unspecified atom stereocenters. The summed E-state index contributed by atoms with van der Waals surface area (Å²) in [5.74, 6) is 0.690. The van der Waals surface area contributed by atoms with Crippen molar-refractivity contribution < 1.29 is 9.66 Å². The van der Waals surface area contributed by atoms with Crippen LogP contribution in [0.15, 0.2) is 23.9 Å². The van der Waals surface area contributed by atoms with Crippen LogP contribution in [0.1, 0.15) is 44.2 Å². The molecule has 1 rings (SSSR count). The first-order valence-corrected chi connectivity index (χ1v) is 6.58. The maximum absolute atomic E-state index is 10.6. The number of ether oxygens (including phenoxy) is 1. The maximum Gasteiger partial charge on any atom is 0.243 e. The number of aryl methyl sites for hydroxylation is 1. The topological polar surface area (TPSA) is 52.4 Å². The Bertz CT molecular complexity index is 466. The highest BCUT2D eigenvalue weighted by molar-refractivity contribution is 5.59. The summed E-state index contributed by atoms with van der Waals surface area (Å²) in [6.45, 7) is 3.66. The third kappa shape index (κ3) is 4.73. The van der Waals surface area contributed by atoms with E-state index in [1.54, 1.807) is 7.11 Å². The summed E-state index contributed by atoms with van der Waals surface area (Å²) < 4.78 is 5.31. The molecular formula is C15H21NO3. The molecule has 4 nitrogen and oxygen atoms in total. The van der Waals surface area contributed by atoms with Crippen molar-refractivity contribution in [2.24, 2.45) is 0 Å². The highest BCUT2D eigenvalue weighted by Gasteiger charge is 2.07. The lowest BCUT2D eigenvalue weighted by atomic mass is 10.0. The van der Waals surface area contributed by atoms with E-state index < -0.39 is 4.92 Å². The lowest BCUT2D eigenvalue weighted by Crippen LogP contribution is -1.95. The second-order valence-electron chi connectivity index (χ2n) is 4.58. The molecule has 4 heteroatoms. The van der Waals surface area contributed by atoms with E-state index in [0.717, 1.165) is 18.4 Å². The van der Waals surface area contributed by atoms with Crippen LogP contribution in [0.2, 0.25) is 0 Å². The molecule has 1 aromatic carbocycles. The zero-order valence-electron chi connectivity index (χ0n) is 11.8. The van der Waals surface area contributed by atoms with Gasteiger partial charge in [-0.05, 0) is 24.5 Å². The smallest absolute Gasteiger partial charge is 0.243 e. The fraction of sp³-hybridized carbons (Fsp3) is 0.467. The predicted molar refractivity (Wildman–Crippen MR) is 76.9 cm³/mol. The van der Waals surface area contributed by atoms with Gasteiger partial charge in [0.05, 0.1) is 12.0 Å². The third-order valence-electron chi connectivity index (χ3n) is 3.02. The Labute approximate surface area is 114 Å². The molecule has 0 aliphatic carbocycles. The molecule has 19 heavy (non-hydrogen) atoms. The van der Waals surface area contributed by atoms with Crippen LogP contribution in [-0.2, 0) is 6.42 Å². The number of rotatable bonds is 7. The van der Waals surface area contributed by atoms with Gasteiger partial charge in [0, 0.05) is 18.6 Å². The SMILES string of the molecule is CCCCCc1ccc(/C=C(\C)[N+](=O)[O-])c(OC)c1. The molecule has 0 atom stereocenters. The minimum Gasteiger partial charge on any atom is -0.496 e. The van der Waals surface area contributed by atoms with E-state index in [0.29, 0.717) is 5.75 Å². The van der Waals surface area contributed by atoms with Crippen LogP contribution in [0.5, 0.6) is 5.75 Å². The zero-order chi connectivity index (χ0) is 14.3. The highest BCUT2D eigenvalue weighted by atomic mass is 16.6. The average molecular weight is 263 g/mol. The average Bonchev–Trinajstić information content (AvgIpc) is 2.40. The van der Waals surface area contributed by atoms with Crippen molar-refractivity contribution in [1.82, 2.24) is 0 Å². The normalized spacial score (nSPS) is 11.4. The monoisotopic (exact) mass is 263 g/mol. The number of hydrogen-bond acceptors (Lipinski definition) is 3. The number of benzene rings is 1. The van der Waals surface area contributed by atoms with Crippen LogP contribution in [0.3, 0.4) is 0 Å². The van der Waals surface area contributed by atoms with Crippen LogP contribution in [0, 0.1) is 10.1 Å². The summed E-state index contributed by atoms with van der Waals surface area (Å²) in [5, 5.41) is 10.6. The van der Waals surface area contributed by atoms with E-state index in [9.17, 15) is 10.1 Å². The van der Waals surface area contributed by atoms with Crippen molar-refractivity contribution in [1.29, 1.82) is 0 Å². The van der Waals surface area contributed by atoms with Gasteiger partial charge in [-0.25, -0.2) is 0 Å². The fourth-order valence-corrected chi connectivity index (χ4v) is 1.89. The lowest BCUT2D eigenvalue weighted by molar-refractivity contribution is -0.422. The molecule has 0 heterocycles. The maximum atomic E-state index is 10.6. The quantitative estimate of drug-likeness (QED) is 0.423. The first kappa shape index (κ1) is 15.2. The molecule has 0 saturated heterocycles. The van der Waals surface area contributed by atoms with Crippen LogP contribution in [0.4, 0.5) is 0 Å². The fourth-order valence-electron chi connectivity index (χ4n) is 1.89. The van der Waals surface area contributed by atoms with Gasteiger partial charge in [-0.3, -0.25) is 10.1 Å². The van der Waals surface area contributed by atoms with Crippen LogP contribution in [0.25, 0.3) is 6.08 Å². The van der Waals surface area contributed by atoms with E-state index in [2.05, 4.69) is 6.92 Å². The number of nitrogens with zero attached hydrogens (tertiary/aromatic N) is 1. The largest absolute Gasteiger partial charge is 0.496 e. The number of hydrogen-bond donors (Lipinski definition) is 0. The van der Waals surface area contributed by atoms with Crippen molar-refractivity contribution in [3.63, 3.8) is 0 Å². The predicted octanol–water partition coefficient (Wildman–Crippen LogP) is 4.07. The van der Waals surface area contributed by atoms with Crippen molar-refractivity contribution >= 4 is 6.08 Å². The lowest BCUT2D eigenvalue weighted by Gasteiger charge is -2.08. The Balaban J connectivity index is 2.90. The molecule has 0 aromatic heterocycles. The number of allylic oxidation sites excluding steroid dienone is 1. The van der Waals surface area contributed by atoms with Crippen molar-refractivity contribution in [2.45, 2.75) is 39.5 Å². The zero-order valence-corrected chi connectivity index (χ0v) is 11.8. The Hall–Kier alpha value is -1.84. The van der Waals surface area contributed by atoms with Gasteiger partial charge >= 0.3 is 0 Å². The molecule has 0 aliphatic heterocycles. The van der Waals surface area contributed by atoms with Gasteiger partial charge in [0.1, 0.15) is 5.75 Å². The summed E-state index contributed by atoms with van der Waals surface area (Å²) in [4.78, 5) is 10.2. The Morgan fingerprint density at radius 3 is 2.74 bits per heavy atom. The van der Waals surface area contributed by atoms with E-state index in [1.807, 2.05) is 18.2 Å². The Morgan fingerprint density at radius 1 is 1.42 bits per heavy atom. The Kier molecular flexibility index (Phi) is 6.06. The first-order chi connectivity index (χ1) is 9.08. The van der Waals surface area contributed by atoms with Gasteiger partial charge in [-0.15, -0.1) is 0 Å². The second-order valence-corrected chi connectivity index (χ2v) is 4.58. The van der Waals surface area contributed by atoms with Crippen molar-refractivity contribution in [3.05, 3.63) is 45.1 Å². The summed E-state index contributed by atoms with van der Waals surface area (Å²) in [7, 11) is 1.59. The molecule has 0 saturated carbocycles. The molecule has 0 radical (unpaired) electrons. The van der Waals surface area contributed by atoms with E-state index in [4.69, 9.17) is 4.74 Å². The number of unbranched alkanes of at least 4 members (excludes halogenated alkanes) is 2. The van der Waals surface area contributed by atoms with Crippen LogP contribution in [-0.4, -0.2) is 12.0 Å². The molecule has 0 fully saturated rings. The summed E-state index contributed by atoms with van der Waals surface area (Å²) in [6, 6.07) is 5.86. The Morgan fingerprint density at radius 2 is 2.16 bits per heavy atom. The van der Waals surface area contributed by atoms with Gasteiger partial charge in [-0.1, -0.05) is 31.9 Å². The number of methoxy groups -OCH3 is 1. The standard InChI is InChI=1S/C15H21NO3/c1-4-5-6-7-13-8-9-14(15(11-13)19-3)10-12(2)16(17)18/h8-11H,4-7H2,1-3H3/b12-10+. The van der Waals surface area contributed by atoms with Gasteiger partial charge in [0.25, 0.3) is 0 Å². The highest BCUT2D eigenvalue weighted by Crippen LogP contribution is 2.24. The minimum atomic E-state index is -0.394. The summed E-state index contributed by atoms with van der Waals surface area (Å²) in [6.07, 6.45) is 6.12. The van der Waals surface area contributed by atoms with Crippen molar-refractivity contribution in [2.75, 3.05) is 7.11 Å². The summed E-state index contributed by atoms with van der Waals surface area (Å²) in [5.41, 5.74) is 2.06. The molecular weight excluding hydrogens is 242 g/mol. The molecule has 0 spiro atoms. The van der Waals surface area contributed by atoms with Crippen LogP contribution >= 0.6 is 0 Å². The molecule has 0 amide bonds. The molecule has 104 valence electrons.